The van der Waals surface area contributed by atoms with Gasteiger partial charge in [-0.2, -0.15) is 0 Å². The molecule has 3 nitrogen and oxygen atoms in total. The van der Waals surface area contributed by atoms with Crippen LogP contribution in [0.25, 0.3) is 0 Å². The topological polar surface area (TPSA) is 38.0 Å². The Morgan fingerprint density at radius 3 is 2.92 bits per heavy atom. The first kappa shape index (κ1) is 7.80. The van der Waals surface area contributed by atoms with Crippen LogP contribution in [0.15, 0.2) is 12.5 Å². The molecule has 0 radical (unpaired) electrons. The summed E-state index contributed by atoms with van der Waals surface area (Å²) in [6.07, 6.45) is 4.73. The Hall–Kier alpha value is -0.830. The number of nitrogens with zero attached hydrogens (tertiary/aromatic N) is 2. The second-order valence-corrected chi connectivity index (χ2v) is 4.16. The van der Waals surface area contributed by atoms with Gasteiger partial charge in [0.05, 0.1) is 24.8 Å². The zero-order chi connectivity index (χ0) is 8.77. The molecule has 1 heterocycles. The Kier molecular flexibility index (Phi) is 1.51. The molecule has 1 aliphatic carbocycles. The van der Waals surface area contributed by atoms with E-state index in [1.54, 1.807) is 6.20 Å². The lowest BCUT2D eigenvalue weighted by molar-refractivity contribution is 0.269. The average Bonchev–Trinajstić information content (AvgIpc) is 2.51. The largest absolute Gasteiger partial charge is 0.390 e. The number of aromatic nitrogens is 2. The van der Waals surface area contributed by atoms with E-state index in [-0.39, 0.29) is 6.61 Å². The van der Waals surface area contributed by atoms with Crippen molar-refractivity contribution in [3.8, 4) is 0 Å². The minimum Gasteiger partial charge on any atom is -0.390 e. The van der Waals surface area contributed by atoms with Crippen molar-refractivity contribution in [2.75, 3.05) is 0 Å². The maximum absolute atomic E-state index is 8.99. The molecule has 2 rings (SSSR count). The Morgan fingerprint density at radius 2 is 2.42 bits per heavy atom. The monoisotopic (exact) mass is 166 g/mol. The van der Waals surface area contributed by atoms with E-state index >= 15 is 0 Å². The molecule has 0 bridgehead atoms. The van der Waals surface area contributed by atoms with E-state index < -0.39 is 0 Å². The zero-order valence-corrected chi connectivity index (χ0v) is 7.49. The molecule has 0 aliphatic heterocycles. The van der Waals surface area contributed by atoms with Gasteiger partial charge in [0.2, 0.25) is 0 Å². The summed E-state index contributed by atoms with van der Waals surface area (Å²) < 4.78 is 2.08. The Bertz CT molecular complexity index is 290. The van der Waals surface area contributed by atoms with Crippen LogP contribution in [0.3, 0.4) is 0 Å². The molecule has 0 amide bonds. The zero-order valence-electron chi connectivity index (χ0n) is 7.49. The smallest absolute Gasteiger partial charge is 0.0951 e. The summed E-state index contributed by atoms with van der Waals surface area (Å²) in [6.45, 7) is 4.56. The fraction of sp³-hybridized carbons (Fsp3) is 0.667. The average molecular weight is 166 g/mol. The second kappa shape index (κ2) is 2.33. The molecule has 0 spiro atoms. The highest BCUT2D eigenvalue weighted by Crippen LogP contribution is 2.55. The molecule has 3 heteroatoms. The molecule has 1 fully saturated rings. The van der Waals surface area contributed by atoms with Gasteiger partial charge >= 0.3 is 0 Å². The summed E-state index contributed by atoms with van der Waals surface area (Å²) in [6, 6.07) is 0.544. The quantitative estimate of drug-likeness (QED) is 0.720. The van der Waals surface area contributed by atoms with E-state index in [2.05, 4.69) is 23.4 Å². The summed E-state index contributed by atoms with van der Waals surface area (Å²) >= 11 is 0. The van der Waals surface area contributed by atoms with Crippen molar-refractivity contribution in [2.24, 2.45) is 5.41 Å². The number of hydrogen-bond acceptors (Lipinski definition) is 2. The van der Waals surface area contributed by atoms with Gasteiger partial charge in [-0.25, -0.2) is 4.98 Å². The highest BCUT2D eigenvalue weighted by molar-refractivity contribution is 5.08. The lowest BCUT2D eigenvalue weighted by atomic mass is 10.2. The maximum atomic E-state index is 8.99. The highest BCUT2D eigenvalue weighted by Gasteiger charge is 2.47. The van der Waals surface area contributed by atoms with Crippen molar-refractivity contribution in [2.45, 2.75) is 32.9 Å². The summed E-state index contributed by atoms with van der Waals surface area (Å²) in [5, 5.41) is 8.99. The van der Waals surface area contributed by atoms with Gasteiger partial charge in [0.1, 0.15) is 0 Å². The van der Waals surface area contributed by atoms with Crippen LogP contribution in [-0.2, 0) is 6.61 Å². The molecule has 1 unspecified atom stereocenters. The maximum Gasteiger partial charge on any atom is 0.0951 e. The number of aliphatic hydroxyl groups excluding tert-OH is 1. The van der Waals surface area contributed by atoms with E-state index in [0.29, 0.717) is 11.5 Å². The molecule has 12 heavy (non-hydrogen) atoms. The normalized spacial score (nSPS) is 25.8. The van der Waals surface area contributed by atoms with Gasteiger partial charge in [0.15, 0.2) is 0 Å². The second-order valence-electron chi connectivity index (χ2n) is 4.16. The number of hydrogen-bond donors (Lipinski definition) is 1. The van der Waals surface area contributed by atoms with Gasteiger partial charge < -0.3 is 9.67 Å². The van der Waals surface area contributed by atoms with Crippen molar-refractivity contribution >= 4 is 0 Å². The Morgan fingerprint density at radius 1 is 1.75 bits per heavy atom. The van der Waals surface area contributed by atoms with E-state index in [9.17, 15) is 0 Å². The molecule has 66 valence electrons. The molecular weight excluding hydrogens is 152 g/mol. The minimum atomic E-state index is 0.0899. The molecule has 0 saturated heterocycles. The predicted octanol–water partition coefficient (Wildman–Crippen LogP) is 1.35. The van der Waals surface area contributed by atoms with Crippen molar-refractivity contribution in [3.63, 3.8) is 0 Å². The van der Waals surface area contributed by atoms with Crippen LogP contribution in [0.4, 0.5) is 0 Å². The molecule has 1 N–H and O–H groups in total. The summed E-state index contributed by atoms with van der Waals surface area (Å²) in [4.78, 5) is 4.02. The van der Waals surface area contributed by atoms with Crippen LogP contribution in [0.1, 0.15) is 32.0 Å². The third kappa shape index (κ3) is 1.05. The fourth-order valence-electron chi connectivity index (χ4n) is 1.65. The van der Waals surface area contributed by atoms with Crippen LogP contribution in [-0.4, -0.2) is 14.7 Å². The number of aliphatic hydroxyl groups is 1. The number of imidazole rings is 1. The van der Waals surface area contributed by atoms with E-state index in [1.807, 2.05) is 6.33 Å². The van der Waals surface area contributed by atoms with Crippen molar-refractivity contribution in [1.82, 2.24) is 9.55 Å². The van der Waals surface area contributed by atoms with E-state index in [1.165, 1.54) is 6.42 Å². The SMILES string of the molecule is CC1(C)CC1n1cncc1CO. The van der Waals surface area contributed by atoms with Crippen LogP contribution in [0.2, 0.25) is 0 Å². The summed E-state index contributed by atoms with van der Waals surface area (Å²) in [7, 11) is 0. The first-order valence-electron chi connectivity index (χ1n) is 4.27. The molecule has 1 saturated carbocycles. The van der Waals surface area contributed by atoms with E-state index in [0.717, 1.165) is 5.69 Å². The molecule has 1 aromatic rings. The Labute approximate surface area is 72.0 Å². The minimum absolute atomic E-state index is 0.0899. The van der Waals surface area contributed by atoms with Gasteiger partial charge in [0.25, 0.3) is 0 Å². The Balaban J connectivity index is 2.24. The standard InChI is InChI=1S/C9H14N2O/c1-9(2)3-8(9)11-6-10-4-7(11)5-12/h4,6,8,12H,3,5H2,1-2H3. The first-order valence-corrected chi connectivity index (χ1v) is 4.27. The van der Waals surface area contributed by atoms with Gasteiger partial charge in [-0.15, -0.1) is 0 Å². The van der Waals surface area contributed by atoms with Gasteiger partial charge in [-0.1, -0.05) is 13.8 Å². The van der Waals surface area contributed by atoms with E-state index in [4.69, 9.17) is 5.11 Å². The fourth-order valence-corrected chi connectivity index (χ4v) is 1.65. The van der Waals surface area contributed by atoms with Crippen molar-refractivity contribution < 1.29 is 5.11 Å². The number of rotatable bonds is 2. The molecule has 1 aliphatic rings. The summed E-state index contributed by atoms with van der Waals surface area (Å²) in [5.74, 6) is 0. The van der Waals surface area contributed by atoms with Crippen molar-refractivity contribution in [3.05, 3.63) is 18.2 Å². The predicted molar refractivity (Wildman–Crippen MR) is 45.6 cm³/mol. The van der Waals surface area contributed by atoms with Crippen LogP contribution >= 0.6 is 0 Å². The molecule has 1 atom stereocenters. The van der Waals surface area contributed by atoms with Crippen LogP contribution < -0.4 is 0 Å². The summed E-state index contributed by atoms with van der Waals surface area (Å²) in [5.41, 5.74) is 1.32. The third-order valence-electron chi connectivity index (χ3n) is 2.71. The van der Waals surface area contributed by atoms with Crippen molar-refractivity contribution in [1.29, 1.82) is 0 Å². The molecular formula is C9H14N2O. The molecule has 1 aromatic heterocycles. The van der Waals surface area contributed by atoms with Crippen LogP contribution in [0.5, 0.6) is 0 Å². The first-order chi connectivity index (χ1) is 5.65. The molecule has 0 aromatic carbocycles. The third-order valence-corrected chi connectivity index (χ3v) is 2.71. The van der Waals surface area contributed by atoms with Gasteiger partial charge in [0, 0.05) is 6.04 Å². The van der Waals surface area contributed by atoms with Gasteiger partial charge in [-0.3, -0.25) is 0 Å². The lowest BCUT2D eigenvalue weighted by Gasteiger charge is -2.07. The lowest BCUT2D eigenvalue weighted by Crippen LogP contribution is -2.03. The highest BCUT2D eigenvalue weighted by atomic mass is 16.3. The van der Waals surface area contributed by atoms with Gasteiger partial charge in [-0.05, 0) is 11.8 Å². The van der Waals surface area contributed by atoms with Crippen LogP contribution in [0, 0.1) is 5.41 Å².